The van der Waals surface area contributed by atoms with Gasteiger partial charge in [0.1, 0.15) is 5.82 Å². The van der Waals surface area contributed by atoms with Crippen molar-refractivity contribution < 1.29 is 4.79 Å². The molecule has 1 fully saturated rings. The molecule has 118 valence electrons. The van der Waals surface area contributed by atoms with Crippen LogP contribution in [0.4, 0.5) is 0 Å². The number of hydrogen-bond acceptors (Lipinski definition) is 3. The summed E-state index contributed by atoms with van der Waals surface area (Å²) in [6, 6.07) is 0. The number of carbonyl (C=O) groups excluding carboxylic acids is 1. The molecule has 1 aliphatic heterocycles. The first-order valence-corrected chi connectivity index (χ1v) is 7.86. The fourth-order valence-electron chi connectivity index (χ4n) is 3.20. The van der Waals surface area contributed by atoms with Crippen LogP contribution in [0.15, 0.2) is 24.8 Å². The van der Waals surface area contributed by atoms with Crippen molar-refractivity contribution in [3.05, 3.63) is 36.2 Å². The Bertz CT molecular complexity index is 645. The second-order valence-electron chi connectivity index (χ2n) is 6.10. The van der Waals surface area contributed by atoms with E-state index in [0.29, 0.717) is 12.3 Å². The van der Waals surface area contributed by atoms with E-state index < -0.39 is 0 Å². The third kappa shape index (κ3) is 3.21. The maximum Gasteiger partial charge on any atom is 0.222 e. The second kappa shape index (κ2) is 6.34. The van der Waals surface area contributed by atoms with E-state index in [0.717, 1.165) is 43.7 Å². The maximum absolute atomic E-state index is 12.4. The molecule has 0 N–H and O–H groups in total. The topological polar surface area (TPSA) is 56.0 Å². The van der Waals surface area contributed by atoms with Gasteiger partial charge in [-0.2, -0.15) is 5.10 Å². The molecule has 0 saturated carbocycles. The average molecular weight is 301 g/mol. The average Bonchev–Trinajstić information content (AvgIpc) is 3.13. The lowest BCUT2D eigenvalue weighted by Crippen LogP contribution is -2.39. The number of rotatable bonds is 4. The number of imidazole rings is 1. The van der Waals surface area contributed by atoms with E-state index in [4.69, 9.17) is 0 Å². The van der Waals surface area contributed by atoms with Gasteiger partial charge in [0.05, 0.1) is 6.20 Å². The molecule has 0 unspecified atom stereocenters. The van der Waals surface area contributed by atoms with Gasteiger partial charge >= 0.3 is 0 Å². The Hall–Kier alpha value is -2.11. The van der Waals surface area contributed by atoms with E-state index in [1.54, 1.807) is 4.68 Å². The quantitative estimate of drug-likeness (QED) is 0.860. The fraction of sp³-hybridized carbons (Fsp3) is 0.562. The minimum absolute atomic E-state index is 0.239. The first-order valence-electron chi connectivity index (χ1n) is 7.86. The number of aromatic nitrogens is 4. The third-order valence-electron chi connectivity index (χ3n) is 4.38. The summed E-state index contributed by atoms with van der Waals surface area (Å²) in [5.74, 6) is 1.68. The third-order valence-corrected chi connectivity index (χ3v) is 4.38. The molecule has 1 aliphatic rings. The summed E-state index contributed by atoms with van der Waals surface area (Å²) in [5, 5.41) is 4.14. The highest BCUT2D eigenvalue weighted by Crippen LogP contribution is 2.25. The maximum atomic E-state index is 12.4. The predicted octanol–water partition coefficient (Wildman–Crippen LogP) is 1.49. The number of amides is 1. The van der Waals surface area contributed by atoms with Crippen molar-refractivity contribution in [3.63, 3.8) is 0 Å². The molecule has 3 heterocycles. The van der Waals surface area contributed by atoms with Crippen molar-refractivity contribution >= 4 is 5.91 Å². The zero-order valence-electron chi connectivity index (χ0n) is 13.3. The lowest BCUT2D eigenvalue weighted by molar-refractivity contribution is -0.132. The minimum atomic E-state index is 0.239. The summed E-state index contributed by atoms with van der Waals surface area (Å²) >= 11 is 0. The Labute approximate surface area is 130 Å². The Morgan fingerprint density at radius 3 is 2.95 bits per heavy atom. The van der Waals surface area contributed by atoms with E-state index in [9.17, 15) is 4.79 Å². The van der Waals surface area contributed by atoms with Crippen LogP contribution in [-0.2, 0) is 25.3 Å². The molecule has 6 nitrogen and oxygen atoms in total. The number of likely N-dealkylation sites (tertiary alicyclic amines) is 1. The highest BCUT2D eigenvalue weighted by atomic mass is 16.2. The molecule has 0 aliphatic carbocycles. The summed E-state index contributed by atoms with van der Waals surface area (Å²) < 4.78 is 3.84. The van der Waals surface area contributed by atoms with Crippen molar-refractivity contribution in [3.8, 4) is 0 Å². The standard InChI is InChI=1S/C16H23N5O/c1-19-9-7-17-16(19)14-4-3-8-21(12-14)15(22)6-5-13-10-18-20(2)11-13/h7,9-11,14H,3-6,8,12H2,1-2H3/t14-/m1/s1. The van der Waals surface area contributed by atoms with Gasteiger partial charge in [-0.15, -0.1) is 0 Å². The lowest BCUT2D eigenvalue weighted by atomic mass is 9.96. The molecule has 3 rings (SSSR count). The summed E-state index contributed by atoms with van der Waals surface area (Å²) in [5.41, 5.74) is 1.12. The van der Waals surface area contributed by atoms with Crippen molar-refractivity contribution in [1.29, 1.82) is 0 Å². The van der Waals surface area contributed by atoms with Gasteiger partial charge in [-0.3, -0.25) is 9.48 Å². The smallest absolute Gasteiger partial charge is 0.222 e. The first kappa shape index (κ1) is 14.8. The molecule has 1 amide bonds. The number of carbonyl (C=O) groups is 1. The van der Waals surface area contributed by atoms with Crippen LogP contribution in [0.5, 0.6) is 0 Å². The van der Waals surface area contributed by atoms with E-state index in [-0.39, 0.29) is 5.91 Å². The highest BCUT2D eigenvalue weighted by Gasteiger charge is 2.26. The number of hydrogen-bond donors (Lipinski definition) is 0. The van der Waals surface area contributed by atoms with Crippen LogP contribution in [0.3, 0.4) is 0 Å². The monoisotopic (exact) mass is 301 g/mol. The Morgan fingerprint density at radius 1 is 1.41 bits per heavy atom. The van der Waals surface area contributed by atoms with Crippen LogP contribution in [0, 0.1) is 0 Å². The van der Waals surface area contributed by atoms with Gasteiger partial charge in [0.15, 0.2) is 0 Å². The van der Waals surface area contributed by atoms with E-state index in [1.165, 1.54) is 0 Å². The summed E-state index contributed by atoms with van der Waals surface area (Å²) in [6.07, 6.45) is 11.1. The molecule has 2 aromatic heterocycles. The molecule has 0 bridgehead atoms. The molecule has 6 heteroatoms. The van der Waals surface area contributed by atoms with Gasteiger partial charge < -0.3 is 9.47 Å². The van der Waals surface area contributed by atoms with Crippen LogP contribution < -0.4 is 0 Å². The minimum Gasteiger partial charge on any atom is -0.342 e. The summed E-state index contributed by atoms with van der Waals surface area (Å²) in [4.78, 5) is 18.9. The summed E-state index contributed by atoms with van der Waals surface area (Å²) in [6.45, 7) is 1.66. The molecular weight excluding hydrogens is 278 g/mol. The van der Waals surface area contributed by atoms with Gasteiger partial charge in [0, 0.05) is 58.1 Å². The van der Waals surface area contributed by atoms with Gasteiger partial charge in [-0.1, -0.05) is 0 Å². The Kier molecular flexibility index (Phi) is 4.27. The van der Waals surface area contributed by atoms with Crippen LogP contribution in [0.2, 0.25) is 0 Å². The zero-order valence-corrected chi connectivity index (χ0v) is 13.3. The number of aryl methyl sites for hydroxylation is 3. The normalized spacial score (nSPS) is 18.6. The van der Waals surface area contributed by atoms with E-state index in [1.807, 2.05) is 43.8 Å². The van der Waals surface area contributed by atoms with E-state index >= 15 is 0 Å². The highest BCUT2D eigenvalue weighted by molar-refractivity contribution is 5.76. The van der Waals surface area contributed by atoms with Gasteiger partial charge in [0.25, 0.3) is 0 Å². The predicted molar refractivity (Wildman–Crippen MR) is 83.3 cm³/mol. The molecule has 1 atom stereocenters. The zero-order chi connectivity index (χ0) is 15.5. The van der Waals surface area contributed by atoms with Crippen molar-refractivity contribution in [2.45, 2.75) is 31.6 Å². The van der Waals surface area contributed by atoms with Crippen LogP contribution in [0.25, 0.3) is 0 Å². The van der Waals surface area contributed by atoms with Crippen molar-refractivity contribution in [2.24, 2.45) is 14.1 Å². The van der Waals surface area contributed by atoms with E-state index in [2.05, 4.69) is 14.6 Å². The number of piperidine rings is 1. The second-order valence-corrected chi connectivity index (χ2v) is 6.10. The van der Waals surface area contributed by atoms with Crippen LogP contribution in [-0.4, -0.2) is 43.2 Å². The summed E-state index contributed by atoms with van der Waals surface area (Å²) in [7, 11) is 3.92. The molecule has 1 saturated heterocycles. The van der Waals surface area contributed by atoms with Gasteiger partial charge in [-0.25, -0.2) is 4.98 Å². The fourth-order valence-corrected chi connectivity index (χ4v) is 3.20. The van der Waals surface area contributed by atoms with Crippen molar-refractivity contribution in [2.75, 3.05) is 13.1 Å². The molecule has 0 radical (unpaired) electrons. The van der Waals surface area contributed by atoms with Crippen LogP contribution >= 0.6 is 0 Å². The van der Waals surface area contributed by atoms with Crippen LogP contribution in [0.1, 0.15) is 36.6 Å². The number of nitrogens with zero attached hydrogens (tertiary/aromatic N) is 5. The largest absolute Gasteiger partial charge is 0.342 e. The molecule has 2 aromatic rings. The lowest BCUT2D eigenvalue weighted by Gasteiger charge is -2.32. The Morgan fingerprint density at radius 2 is 2.27 bits per heavy atom. The SMILES string of the molecule is Cn1cc(CCC(=O)N2CCC[C@@H](c3nccn3C)C2)cn1. The molecule has 22 heavy (non-hydrogen) atoms. The molecular formula is C16H23N5O. The van der Waals surface area contributed by atoms with Gasteiger partial charge in [0.2, 0.25) is 5.91 Å². The molecule has 0 aromatic carbocycles. The Balaban J connectivity index is 1.57. The van der Waals surface area contributed by atoms with Gasteiger partial charge in [-0.05, 0) is 24.8 Å². The van der Waals surface area contributed by atoms with Crippen molar-refractivity contribution in [1.82, 2.24) is 24.2 Å². The molecule has 0 spiro atoms. The first-order chi connectivity index (χ1) is 10.6.